The molecule has 0 fully saturated rings. The second-order valence-electron chi connectivity index (χ2n) is 7.91. The van der Waals surface area contributed by atoms with E-state index in [-0.39, 0.29) is 24.3 Å². The standard InChI is InChI=1S/C22H28ClN3O3S/c1-13(2)26(9-17(27)11-29-14(3)4)10-19-24-21(28)20-18(12-30-22(20)25-19)15-6-5-7-16(23)8-15/h5-8,12-14,17,27H,9-11H2,1-4H3,(H,24,25,28). The van der Waals surface area contributed by atoms with E-state index in [1.807, 2.05) is 37.4 Å². The summed E-state index contributed by atoms with van der Waals surface area (Å²) in [6.45, 7) is 9.13. The van der Waals surface area contributed by atoms with Gasteiger partial charge in [-0.2, -0.15) is 0 Å². The lowest BCUT2D eigenvalue weighted by Crippen LogP contribution is -2.39. The smallest absolute Gasteiger partial charge is 0.260 e. The Morgan fingerprint density at radius 2 is 2.07 bits per heavy atom. The van der Waals surface area contributed by atoms with Crippen molar-refractivity contribution in [3.05, 3.63) is 50.8 Å². The molecule has 0 amide bonds. The summed E-state index contributed by atoms with van der Waals surface area (Å²) < 4.78 is 5.51. The average molecular weight is 450 g/mol. The van der Waals surface area contributed by atoms with E-state index in [1.54, 1.807) is 6.07 Å². The number of halogens is 1. The number of aromatic nitrogens is 2. The number of hydrogen-bond acceptors (Lipinski definition) is 6. The van der Waals surface area contributed by atoms with Crippen LogP contribution in [-0.4, -0.2) is 51.4 Å². The number of fused-ring (bicyclic) bond motifs is 1. The summed E-state index contributed by atoms with van der Waals surface area (Å²) in [6, 6.07) is 7.62. The Labute approximate surface area is 185 Å². The van der Waals surface area contributed by atoms with Crippen LogP contribution in [0.25, 0.3) is 21.3 Å². The molecule has 8 heteroatoms. The molecule has 1 aromatic carbocycles. The number of aromatic amines is 1. The van der Waals surface area contributed by atoms with Crippen LogP contribution in [0.4, 0.5) is 0 Å². The van der Waals surface area contributed by atoms with E-state index in [4.69, 9.17) is 16.3 Å². The summed E-state index contributed by atoms with van der Waals surface area (Å²) in [5.74, 6) is 0.581. The third-order valence-corrected chi connectivity index (χ3v) is 5.89. The Morgan fingerprint density at radius 1 is 1.30 bits per heavy atom. The van der Waals surface area contributed by atoms with Gasteiger partial charge in [-0.1, -0.05) is 23.7 Å². The third-order valence-electron chi connectivity index (χ3n) is 4.78. The zero-order valence-corrected chi connectivity index (χ0v) is 19.3. The topological polar surface area (TPSA) is 78.5 Å². The number of nitrogens with one attached hydrogen (secondary N) is 1. The monoisotopic (exact) mass is 449 g/mol. The molecule has 1 atom stereocenters. The van der Waals surface area contributed by atoms with Crippen molar-refractivity contribution in [2.45, 2.75) is 52.5 Å². The van der Waals surface area contributed by atoms with Crippen LogP contribution in [0, 0.1) is 0 Å². The lowest BCUT2D eigenvalue weighted by atomic mass is 10.1. The maximum absolute atomic E-state index is 12.9. The molecule has 2 N–H and O–H groups in total. The Kier molecular flexibility index (Phi) is 7.65. The van der Waals surface area contributed by atoms with Crippen molar-refractivity contribution in [2.75, 3.05) is 13.2 Å². The summed E-state index contributed by atoms with van der Waals surface area (Å²) in [7, 11) is 0. The molecule has 2 heterocycles. The lowest BCUT2D eigenvalue weighted by molar-refractivity contribution is -0.0140. The molecular weight excluding hydrogens is 422 g/mol. The van der Waals surface area contributed by atoms with Crippen LogP contribution in [0.3, 0.4) is 0 Å². The van der Waals surface area contributed by atoms with E-state index in [1.165, 1.54) is 11.3 Å². The first kappa shape index (κ1) is 22.9. The second-order valence-corrected chi connectivity index (χ2v) is 9.21. The fraction of sp³-hybridized carbons (Fsp3) is 0.455. The lowest BCUT2D eigenvalue weighted by Gasteiger charge is -2.28. The molecule has 3 aromatic rings. The van der Waals surface area contributed by atoms with Gasteiger partial charge in [0.15, 0.2) is 0 Å². The maximum Gasteiger partial charge on any atom is 0.260 e. The SMILES string of the molecule is CC(C)OCC(O)CN(Cc1nc2scc(-c3cccc(Cl)c3)c2c(=O)[nH]1)C(C)C. The summed E-state index contributed by atoms with van der Waals surface area (Å²) in [6.07, 6.45) is -0.540. The largest absolute Gasteiger partial charge is 0.389 e. The molecule has 0 aliphatic rings. The van der Waals surface area contributed by atoms with Gasteiger partial charge in [0.25, 0.3) is 5.56 Å². The number of rotatable bonds is 9. The second kappa shape index (κ2) is 10.0. The number of aliphatic hydroxyl groups excluding tert-OH is 1. The zero-order valence-electron chi connectivity index (χ0n) is 17.7. The molecule has 2 aromatic heterocycles. The van der Waals surface area contributed by atoms with Crippen molar-refractivity contribution < 1.29 is 9.84 Å². The Hall–Kier alpha value is -1.77. The van der Waals surface area contributed by atoms with Gasteiger partial charge in [0, 0.05) is 28.6 Å². The third kappa shape index (κ3) is 5.68. The minimum absolute atomic E-state index is 0.0695. The molecule has 0 bridgehead atoms. The summed E-state index contributed by atoms with van der Waals surface area (Å²) >= 11 is 7.55. The van der Waals surface area contributed by atoms with Gasteiger partial charge in [-0.3, -0.25) is 9.69 Å². The predicted molar refractivity (Wildman–Crippen MR) is 123 cm³/mol. The first-order chi connectivity index (χ1) is 14.2. The number of hydrogen-bond donors (Lipinski definition) is 2. The molecule has 0 radical (unpaired) electrons. The molecule has 0 spiro atoms. The van der Waals surface area contributed by atoms with Gasteiger partial charge in [0.1, 0.15) is 10.7 Å². The van der Waals surface area contributed by atoms with Crippen molar-refractivity contribution in [3.8, 4) is 11.1 Å². The molecular formula is C22H28ClN3O3S. The Bertz CT molecular complexity index is 1050. The first-order valence-electron chi connectivity index (χ1n) is 10.0. The van der Waals surface area contributed by atoms with Crippen LogP contribution in [0.1, 0.15) is 33.5 Å². The molecule has 0 aliphatic carbocycles. The molecule has 0 aliphatic heterocycles. The number of benzene rings is 1. The minimum Gasteiger partial charge on any atom is -0.389 e. The highest BCUT2D eigenvalue weighted by atomic mass is 35.5. The molecule has 162 valence electrons. The molecule has 3 rings (SSSR count). The van der Waals surface area contributed by atoms with Crippen LogP contribution in [0.5, 0.6) is 0 Å². The summed E-state index contributed by atoms with van der Waals surface area (Å²) in [4.78, 5) is 23.3. The Morgan fingerprint density at radius 3 is 2.73 bits per heavy atom. The van der Waals surface area contributed by atoms with Crippen molar-refractivity contribution in [1.82, 2.24) is 14.9 Å². The normalized spacial score (nSPS) is 13.1. The first-order valence-corrected chi connectivity index (χ1v) is 11.3. The van der Waals surface area contributed by atoms with E-state index in [9.17, 15) is 9.90 Å². The van der Waals surface area contributed by atoms with Gasteiger partial charge in [-0.05, 0) is 45.4 Å². The van der Waals surface area contributed by atoms with E-state index in [2.05, 4.69) is 28.7 Å². The number of H-pyrrole nitrogens is 1. The number of ether oxygens (including phenoxy) is 1. The number of nitrogens with zero attached hydrogens (tertiary/aromatic N) is 2. The van der Waals surface area contributed by atoms with Crippen molar-refractivity contribution >= 4 is 33.2 Å². The number of thiophene rings is 1. The highest BCUT2D eigenvalue weighted by Gasteiger charge is 2.19. The molecule has 1 unspecified atom stereocenters. The van der Waals surface area contributed by atoms with Crippen LogP contribution in [-0.2, 0) is 11.3 Å². The summed E-state index contributed by atoms with van der Waals surface area (Å²) in [5.41, 5.74) is 1.56. The van der Waals surface area contributed by atoms with Gasteiger partial charge < -0.3 is 14.8 Å². The predicted octanol–water partition coefficient (Wildman–Crippen LogP) is 4.30. The van der Waals surface area contributed by atoms with Crippen molar-refractivity contribution in [2.24, 2.45) is 0 Å². The number of aliphatic hydroxyl groups is 1. The van der Waals surface area contributed by atoms with Gasteiger partial charge in [0.05, 0.1) is 30.7 Å². The van der Waals surface area contributed by atoms with Crippen LogP contribution in [0.2, 0.25) is 5.02 Å². The van der Waals surface area contributed by atoms with E-state index < -0.39 is 6.10 Å². The van der Waals surface area contributed by atoms with Crippen LogP contribution < -0.4 is 5.56 Å². The fourth-order valence-corrected chi connectivity index (χ4v) is 4.37. The summed E-state index contributed by atoms with van der Waals surface area (Å²) in [5, 5.41) is 13.4. The molecule has 6 nitrogen and oxygen atoms in total. The van der Waals surface area contributed by atoms with E-state index in [0.717, 1.165) is 11.1 Å². The van der Waals surface area contributed by atoms with Crippen molar-refractivity contribution in [3.63, 3.8) is 0 Å². The Balaban J connectivity index is 1.83. The van der Waals surface area contributed by atoms with Gasteiger partial charge in [0.2, 0.25) is 0 Å². The van der Waals surface area contributed by atoms with Crippen LogP contribution >= 0.6 is 22.9 Å². The van der Waals surface area contributed by atoms with E-state index in [0.29, 0.717) is 34.2 Å². The molecule has 0 saturated heterocycles. The fourth-order valence-electron chi connectivity index (χ4n) is 3.21. The highest BCUT2D eigenvalue weighted by molar-refractivity contribution is 7.17. The maximum atomic E-state index is 12.9. The van der Waals surface area contributed by atoms with Gasteiger partial charge in [-0.15, -0.1) is 11.3 Å². The van der Waals surface area contributed by atoms with Gasteiger partial charge in [-0.25, -0.2) is 4.98 Å². The van der Waals surface area contributed by atoms with E-state index >= 15 is 0 Å². The average Bonchev–Trinajstić information content (AvgIpc) is 3.10. The van der Waals surface area contributed by atoms with Gasteiger partial charge >= 0.3 is 0 Å². The van der Waals surface area contributed by atoms with Crippen molar-refractivity contribution in [1.29, 1.82) is 0 Å². The highest BCUT2D eigenvalue weighted by Crippen LogP contribution is 2.32. The minimum atomic E-state index is -0.610. The molecule has 0 saturated carbocycles. The molecule has 30 heavy (non-hydrogen) atoms. The quantitative estimate of drug-likeness (QED) is 0.509. The van der Waals surface area contributed by atoms with Crippen LogP contribution in [0.15, 0.2) is 34.4 Å². The zero-order chi connectivity index (χ0) is 21.8.